The highest BCUT2D eigenvalue weighted by Crippen LogP contribution is 2.14. The molecule has 6 nitrogen and oxygen atoms in total. The Morgan fingerprint density at radius 2 is 1.30 bits per heavy atom. The summed E-state index contributed by atoms with van der Waals surface area (Å²) in [4.78, 5) is 22.0. The van der Waals surface area contributed by atoms with Gasteiger partial charge in [-0.15, -0.1) is 0 Å². The molecule has 0 saturated carbocycles. The van der Waals surface area contributed by atoms with E-state index in [0.29, 0.717) is 32.7 Å². The van der Waals surface area contributed by atoms with Crippen molar-refractivity contribution in [3.05, 3.63) is 0 Å². The highest BCUT2D eigenvalue weighted by molar-refractivity contribution is 5.75. The van der Waals surface area contributed by atoms with Gasteiger partial charge < -0.3 is 20.5 Å². The van der Waals surface area contributed by atoms with Gasteiger partial charge in [0.15, 0.2) is 0 Å². The van der Waals surface area contributed by atoms with Gasteiger partial charge >= 0.3 is 5.97 Å². The van der Waals surface area contributed by atoms with E-state index in [0.717, 1.165) is 18.8 Å². The maximum Gasteiger partial charge on any atom is 0.329 e. The molecule has 0 fully saturated rings. The Morgan fingerprint density at radius 3 is 1.83 bits per heavy atom. The first kappa shape index (κ1) is 28.9. The Labute approximate surface area is 184 Å². The van der Waals surface area contributed by atoms with Crippen molar-refractivity contribution in [1.82, 2.24) is 10.6 Å². The molecule has 0 saturated heterocycles. The third-order valence-electron chi connectivity index (χ3n) is 5.21. The lowest BCUT2D eigenvalue weighted by molar-refractivity contribution is -0.142. The van der Waals surface area contributed by atoms with Crippen molar-refractivity contribution in [2.75, 3.05) is 32.8 Å². The molecule has 0 rings (SSSR count). The molecule has 178 valence electrons. The smallest absolute Gasteiger partial charge is 0.329 e. The summed E-state index contributed by atoms with van der Waals surface area (Å²) in [6, 6.07) is 0. The monoisotopic (exact) mass is 428 g/mol. The van der Waals surface area contributed by atoms with Crippen molar-refractivity contribution in [3.8, 4) is 0 Å². The number of aliphatic carboxylic acids is 1. The maximum absolute atomic E-state index is 11.8. The number of ether oxygens (including phenoxy) is 1. The lowest BCUT2D eigenvalue weighted by atomic mass is 10.0. The number of unbranched alkanes of at least 4 members (excludes halogenated alkanes) is 11. The second kappa shape index (κ2) is 22.5. The molecule has 1 amide bonds. The third kappa shape index (κ3) is 24.9. The van der Waals surface area contributed by atoms with E-state index < -0.39 is 5.97 Å². The van der Waals surface area contributed by atoms with Crippen LogP contribution >= 0.6 is 0 Å². The minimum absolute atomic E-state index is 0.118. The molecule has 30 heavy (non-hydrogen) atoms. The summed E-state index contributed by atoms with van der Waals surface area (Å²) in [5, 5.41) is 14.4. The summed E-state index contributed by atoms with van der Waals surface area (Å²) in [6.45, 7) is 6.55. The highest BCUT2D eigenvalue weighted by atomic mass is 16.5. The van der Waals surface area contributed by atoms with E-state index in [1.807, 2.05) is 0 Å². The molecule has 0 aromatic rings. The second-order valence-corrected chi connectivity index (χ2v) is 8.72. The Balaban J connectivity index is 3.17. The van der Waals surface area contributed by atoms with Gasteiger partial charge in [0, 0.05) is 26.1 Å². The highest BCUT2D eigenvalue weighted by Gasteiger charge is 2.01. The van der Waals surface area contributed by atoms with Crippen LogP contribution in [0.1, 0.15) is 104 Å². The number of amides is 1. The van der Waals surface area contributed by atoms with E-state index in [4.69, 9.17) is 9.84 Å². The van der Waals surface area contributed by atoms with Crippen LogP contribution in [-0.4, -0.2) is 49.8 Å². The van der Waals surface area contributed by atoms with Crippen molar-refractivity contribution in [3.63, 3.8) is 0 Å². The molecule has 0 heterocycles. The first-order valence-corrected chi connectivity index (χ1v) is 12.3. The Kier molecular flexibility index (Phi) is 21.7. The minimum Gasteiger partial charge on any atom is -0.480 e. The van der Waals surface area contributed by atoms with E-state index in [2.05, 4.69) is 24.5 Å². The third-order valence-corrected chi connectivity index (χ3v) is 5.21. The van der Waals surface area contributed by atoms with Crippen LogP contribution in [0.2, 0.25) is 0 Å². The fourth-order valence-corrected chi connectivity index (χ4v) is 3.41. The molecule has 0 aliphatic heterocycles. The van der Waals surface area contributed by atoms with E-state index in [1.54, 1.807) is 0 Å². The number of carbonyl (C=O) groups is 2. The van der Waals surface area contributed by atoms with Gasteiger partial charge in [0.1, 0.15) is 6.61 Å². The van der Waals surface area contributed by atoms with Crippen LogP contribution in [0.4, 0.5) is 0 Å². The minimum atomic E-state index is -0.958. The van der Waals surface area contributed by atoms with Gasteiger partial charge in [0.2, 0.25) is 5.91 Å². The molecule has 0 bridgehead atoms. The van der Waals surface area contributed by atoms with Crippen LogP contribution in [0.5, 0.6) is 0 Å². The van der Waals surface area contributed by atoms with Crippen LogP contribution < -0.4 is 10.6 Å². The summed E-state index contributed by atoms with van der Waals surface area (Å²) in [5.41, 5.74) is 0. The average Bonchev–Trinajstić information content (AvgIpc) is 2.69. The van der Waals surface area contributed by atoms with Crippen LogP contribution in [0.25, 0.3) is 0 Å². The molecular formula is C24H48N2O4. The predicted octanol–water partition coefficient (Wildman–Crippen LogP) is 4.91. The van der Waals surface area contributed by atoms with Crippen molar-refractivity contribution in [2.45, 2.75) is 104 Å². The number of rotatable bonds is 23. The molecule has 3 N–H and O–H groups in total. The average molecular weight is 429 g/mol. The van der Waals surface area contributed by atoms with Gasteiger partial charge in [-0.25, -0.2) is 4.79 Å². The Hall–Kier alpha value is -1.14. The van der Waals surface area contributed by atoms with Gasteiger partial charge in [-0.1, -0.05) is 90.9 Å². The topological polar surface area (TPSA) is 87.7 Å². The predicted molar refractivity (Wildman–Crippen MR) is 124 cm³/mol. The molecule has 0 aliphatic rings. The summed E-state index contributed by atoms with van der Waals surface area (Å²) in [6.07, 6.45) is 17.7. The van der Waals surface area contributed by atoms with Gasteiger partial charge in [-0.3, -0.25) is 4.79 Å². The molecule has 0 aromatic heterocycles. The van der Waals surface area contributed by atoms with E-state index >= 15 is 0 Å². The first-order valence-electron chi connectivity index (χ1n) is 12.3. The van der Waals surface area contributed by atoms with Crippen molar-refractivity contribution in [2.24, 2.45) is 5.92 Å². The zero-order valence-corrected chi connectivity index (χ0v) is 19.7. The maximum atomic E-state index is 11.8. The molecule has 0 radical (unpaired) electrons. The summed E-state index contributed by atoms with van der Waals surface area (Å²) in [7, 11) is 0. The van der Waals surface area contributed by atoms with Gasteiger partial charge in [0.25, 0.3) is 0 Å². The lowest BCUT2D eigenvalue weighted by Gasteiger charge is -2.07. The lowest BCUT2D eigenvalue weighted by Crippen LogP contribution is -2.33. The normalized spacial score (nSPS) is 11.2. The van der Waals surface area contributed by atoms with Crippen LogP contribution in [0, 0.1) is 5.92 Å². The van der Waals surface area contributed by atoms with Crippen molar-refractivity contribution < 1.29 is 19.4 Å². The fraction of sp³-hybridized carbons (Fsp3) is 0.917. The first-order chi connectivity index (χ1) is 14.5. The summed E-state index contributed by atoms with van der Waals surface area (Å²) < 4.78 is 4.91. The van der Waals surface area contributed by atoms with Crippen molar-refractivity contribution in [1.29, 1.82) is 0 Å². The number of carboxylic acid groups (broad SMARTS) is 1. The van der Waals surface area contributed by atoms with Crippen molar-refractivity contribution >= 4 is 11.9 Å². The number of hydrogen-bond acceptors (Lipinski definition) is 4. The largest absolute Gasteiger partial charge is 0.480 e. The molecule has 0 aromatic carbocycles. The van der Waals surface area contributed by atoms with E-state index in [9.17, 15) is 9.59 Å². The SMILES string of the molecule is CC(C)CCCCCCCCCCCCCCC(=O)NCCNCCOCC(=O)O. The molecular weight excluding hydrogens is 380 g/mol. The Bertz CT molecular complexity index is 403. The van der Waals surface area contributed by atoms with Crippen LogP contribution in [0.15, 0.2) is 0 Å². The quantitative estimate of drug-likeness (QED) is 0.201. The Morgan fingerprint density at radius 1 is 0.767 bits per heavy atom. The number of hydrogen-bond donors (Lipinski definition) is 3. The van der Waals surface area contributed by atoms with Gasteiger partial charge in [0.05, 0.1) is 6.61 Å². The van der Waals surface area contributed by atoms with Gasteiger partial charge in [-0.05, 0) is 12.3 Å². The zero-order chi connectivity index (χ0) is 22.3. The molecule has 0 atom stereocenters. The zero-order valence-electron chi connectivity index (χ0n) is 19.7. The molecule has 6 heteroatoms. The number of nitrogens with one attached hydrogen (secondary N) is 2. The van der Waals surface area contributed by atoms with Crippen LogP contribution in [-0.2, 0) is 14.3 Å². The molecule has 0 aliphatic carbocycles. The van der Waals surface area contributed by atoms with E-state index in [-0.39, 0.29) is 12.5 Å². The number of carboxylic acids is 1. The van der Waals surface area contributed by atoms with E-state index in [1.165, 1.54) is 70.6 Å². The standard InChI is InChI=1S/C24H48N2O4/c1-22(2)15-13-11-9-7-5-3-4-6-8-10-12-14-16-23(27)26-18-17-25-19-20-30-21-24(28)29/h22,25H,3-21H2,1-2H3,(H,26,27)(H,28,29). The second-order valence-electron chi connectivity index (χ2n) is 8.72. The molecule has 0 unspecified atom stereocenters. The number of carbonyl (C=O) groups excluding carboxylic acids is 1. The summed E-state index contributed by atoms with van der Waals surface area (Å²) >= 11 is 0. The van der Waals surface area contributed by atoms with Crippen LogP contribution in [0.3, 0.4) is 0 Å². The van der Waals surface area contributed by atoms with Gasteiger partial charge in [-0.2, -0.15) is 0 Å². The molecule has 0 spiro atoms. The summed E-state index contributed by atoms with van der Waals surface area (Å²) in [5.74, 6) is 0.0135. The fourth-order valence-electron chi connectivity index (χ4n) is 3.41.